The van der Waals surface area contributed by atoms with Crippen molar-refractivity contribution in [3.8, 4) is 6.01 Å². The highest BCUT2D eigenvalue weighted by Crippen LogP contribution is 2.45. The van der Waals surface area contributed by atoms with Crippen LogP contribution in [0.4, 0.5) is 15.0 Å². The molecule has 4 radical (unpaired) electrons. The van der Waals surface area contributed by atoms with E-state index in [0.29, 0.717) is 37.4 Å². The van der Waals surface area contributed by atoms with Gasteiger partial charge >= 0.3 is 12.1 Å². The second-order valence-corrected chi connectivity index (χ2v) is 13.2. The summed E-state index contributed by atoms with van der Waals surface area (Å²) in [7, 11) is 13.4. The van der Waals surface area contributed by atoms with E-state index >= 15 is 4.39 Å². The van der Waals surface area contributed by atoms with Crippen LogP contribution in [-0.4, -0.2) is 115 Å². The lowest BCUT2D eigenvalue weighted by atomic mass is 9.53. The van der Waals surface area contributed by atoms with Crippen molar-refractivity contribution in [3.63, 3.8) is 0 Å². The molecule has 3 aliphatic heterocycles. The third kappa shape index (κ3) is 6.60. The van der Waals surface area contributed by atoms with Crippen LogP contribution in [0, 0.1) is 5.82 Å². The summed E-state index contributed by atoms with van der Waals surface area (Å²) in [5, 5.41) is -1.56. The fourth-order valence-corrected chi connectivity index (χ4v) is 6.65. The van der Waals surface area contributed by atoms with Gasteiger partial charge < -0.3 is 19.1 Å². The highest BCUT2D eigenvalue weighted by Gasteiger charge is 2.55. The fourth-order valence-electron chi connectivity index (χ4n) is 6.51. The second kappa shape index (κ2) is 12.8. The van der Waals surface area contributed by atoms with Crippen LogP contribution < -0.4 is 9.64 Å². The number of amides is 1. The van der Waals surface area contributed by atoms with Gasteiger partial charge in [0.25, 0.3) is 0 Å². The summed E-state index contributed by atoms with van der Waals surface area (Å²) in [5.41, 5.74) is -1.24. The lowest BCUT2D eigenvalue weighted by Crippen LogP contribution is -2.63. The molecule has 3 saturated heterocycles. The van der Waals surface area contributed by atoms with Gasteiger partial charge in [-0.05, 0) is 72.4 Å². The van der Waals surface area contributed by atoms with Gasteiger partial charge in [-0.1, -0.05) is 25.4 Å². The summed E-state index contributed by atoms with van der Waals surface area (Å²) in [4.78, 5) is 32.2. The van der Waals surface area contributed by atoms with Gasteiger partial charge in [0.2, 0.25) is 0 Å². The van der Waals surface area contributed by atoms with E-state index in [1.54, 1.807) is 4.90 Å². The van der Waals surface area contributed by atoms with E-state index in [-0.39, 0.29) is 28.8 Å². The lowest BCUT2D eigenvalue weighted by molar-refractivity contribution is -0.00392. The molecule has 6 rings (SSSR count). The molecule has 2 aromatic rings. The van der Waals surface area contributed by atoms with Crippen LogP contribution in [0.15, 0.2) is 6.20 Å². The molecule has 1 aliphatic carbocycles. The van der Waals surface area contributed by atoms with E-state index in [9.17, 15) is 4.79 Å². The Morgan fingerprint density at radius 1 is 1.11 bits per heavy atom. The van der Waals surface area contributed by atoms with Crippen LogP contribution in [-0.2, 0) is 9.47 Å². The second-order valence-electron chi connectivity index (χ2n) is 12.9. The minimum absolute atomic E-state index is 0.0432. The number of halogens is 2. The smallest absolute Gasteiger partial charge is 0.410 e. The molecule has 2 aromatic heterocycles. The molecule has 1 saturated carbocycles. The molecule has 5 heterocycles. The number of fused-ring (bicyclic) bond motifs is 2. The van der Waals surface area contributed by atoms with Gasteiger partial charge in [-0.3, -0.25) is 9.80 Å². The van der Waals surface area contributed by atoms with E-state index in [0.717, 1.165) is 51.6 Å². The monoisotopic (exact) mass is 626 g/mol. The first-order valence-corrected chi connectivity index (χ1v) is 16.1. The van der Waals surface area contributed by atoms with Gasteiger partial charge in [-0.2, -0.15) is 9.97 Å². The van der Waals surface area contributed by atoms with Gasteiger partial charge in [-0.15, -0.1) is 0 Å². The summed E-state index contributed by atoms with van der Waals surface area (Å²) in [6, 6.07) is -0.474. The van der Waals surface area contributed by atoms with Crippen molar-refractivity contribution in [3.05, 3.63) is 17.2 Å². The molecule has 1 unspecified atom stereocenters. The molecular formula is C30H42B2ClFN6O4. The quantitative estimate of drug-likeness (QED) is 0.327. The Morgan fingerprint density at radius 3 is 2.43 bits per heavy atom. The minimum atomic E-state index is -1.60. The molecule has 236 valence electrons. The molecule has 4 aliphatic rings. The van der Waals surface area contributed by atoms with E-state index < -0.39 is 28.5 Å². The van der Waals surface area contributed by atoms with E-state index in [2.05, 4.69) is 14.9 Å². The number of ether oxygens (including phenoxy) is 3. The maximum absolute atomic E-state index is 15.4. The number of hydrogen-bond acceptors (Lipinski definition) is 9. The van der Waals surface area contributed by atoms with Gasteiger partial charge in [0.05, 0.1) is 24.1 Å². The first kappa shape index (κ1) is 33.0. The molecule has 14 heteroatoms. The largest absolute Gasteiger partial charge is 0.475 e. The van der Waals surface area contributed by atoms with Gasteiger partial charge in [0.15, 0.2) is 11.0 Å². The molecule has 0 spiro atoms. The average molecular weight is 627 g/mol. The third-order valence-electron chi connectivity index (χ3n) is 8.69. The number of hydrogen-bond donors (Lipinski definition) is 0. The number of anilines is 1. The number of carbonyl (C=O) groups is 1. The average Bonchev–Trinajstić information content (AvgIpc) is 3.55. The molecule has 44 heavy (non-hydrogen) atoms. The zero-order chi connectivity index (χ0) is 31.9. The summed E-state index contributed by atoms with van der Waals surface area (Å²) < 4.78 is 33.3. The van der Waals surface area contributed by atoms with Crippen LogP contribution in [0.5, 0.6) is 6.01 Å². The predicted octanol–water partition coefficient (Wildman–Crippen LogP) is 4.45. The molecule has 4 fully saturated rings. The number of pyridine rings is 1. The van der Waals surface area contributed by atoms with Crippen molar-refractivity contribution in [1.82, 2.24) is 24.8 Å². The maximum Gasteiger partial charge on any atom is 0.410 e. The summed E-state index contributed by atoms with van der Waals surface area (Å²) >= 11 is 6.06. The van der Waals surface area contributed by atoms with Crippen LogP contribution in [0.2, 0.25) is 5.15 Å². The molecule has 0 bridgehead atoms. The fraction of sp³-hybridized carbons (Fsp3) is 0.733. The summed E-state index contributed by atoms with van der Waals surface area (Å²) in [6.07, 6.45) is 6.76. The number of rotatable bonds is 7. The normalized spacial score (nSPS) is 22.0. The Labute approximate surface area is 267 Å². The first-order chi connectivity index (χ1) is 20.9. The third-order valence-corrected chi connectivity index (χ3v) is 8.95. The Bertz CT molecular complexity index is 1350. The predicted molar refractivity (Wildman–Crippen MR) is 169 cm³/mol. The van der Waals surface area contributed by atoms with Crippen LogP contribution in [0.1, 0.15) is 73.1 Å². The Kier molecular flexibility index (Phi) is 9.60. The molecular weight excluding hydrogens is 584 g/mol. The summed E-state index contributed by atoms with van der Waals surface area (Å²) in [5.74, 6) is -0.397. The maximum atomic E-state index is 15.4. The van der Waals surface area contributed by atoms with Crippen molar-refractivity contribution in [2.75, 3.05) is 44.2 Å². The van der Waals surface area contributed by atoms with Crippen LogP contribution in [0.25, 0.3) is 10.9 Å². The Balaban J connectivity index is 0.00000188. The van der Waals surface area contributed by atoms with Crippen molar-refractivity contribution in [2.45, 2.75) is 102 Å². The van der Waals surface area contributed by atoms with Gasteiger partial charge in [0, 0.05) is 36.8 Å². The lowest BCUT2D eigenvalue weighted by Gasteiger charge is -2.47. The molecule has 0 aromatic carbocycles. The number of nitrogens with zero attached hydrogens (tertiary/aromatic N) is 6. The highest BCUT2D eigenvalue weighted by molar-refractivity contribution is 6.40. The van der Waals surface area contributed by atoms with Crippen molar-refractivity contribution < 1.29 is 23.4 Å². The molecule has 1 amide bonds. The highest BCUT2D eigenvalue weighted by atomic mass is 35.5. The topological polar surface area (TPSA) is 93.2 Å². The molecule has 10 nitrogen and oxygen atoms in total. The van der Waals surface area contributed by atoms with E-state index in [1.807, 2.05) is 39.5 Å². The minimum Gasteiger partial charge on any atom is -0.475 e. The van der Waals surface area contributed by atoms with Crippen molar-refractivity contribution in [2.24, 2.45) is 0 Å². The molecule has 1 atom stereocenters. The summed E-state index contributed by atoms with van der Waals surface area (Å²) in [6.45, 7) is 12.7. The van der Waals surface area contributed by atoms with Crippen LogP contribution in [0.3, 0.4) is 0 Å². The van der Waals surface area contributed by atoms with Crippen LogP contribution >= 0.6 is 11.6 Å². The number of piperazine rings is 1. The Morgan fingerprint density at radius 2 is 1.80 bits per heavy atom. The van der Waals surface area contributed by atoms with Crippen molar-refractivity contribution in [1.29, 1.82) is 0 Å². The van der Waals surface area contributed by atoms with E-state index in [1.165, 1.54) is 6.20 Å². The SMILES string of the molecule is CC.[B]C([B])(Oc1nc(N2CCN(C(=O)OC(C)(C)C)C(COC3CC3)C2)c2cnc(Cl)c(F)c2n1)C12CCCN1CCC2. The number of carbonyl (C=O) groups excluding carboxylic acids is 1. The Hall–Kier alpha value is -2.37. The van der Waals surface area contributed by atoms with E-state index in [4.69, 9.17) is 46.5 Å². The standard InChI is InChI=1S/C28H36B2ClFN6O4.C2H6/c1-26(2,3)42-25(39)38-13-12-36(15-17(38)16-40-18-6-7-18)23-19-14-33-22(31)20(32)21(19)34-24(35-23)41-28(29,30)27-8-4-10-37(27)11-5-9-27;1-2/h14,17-18H,4-13,15-16H2,1-3H3;1-2H3. The zero-order valence-electron chi connectivity index (χ0n) is 26.4. The molecule has 0 N–H and O–H groups in total. The number of aromatic nitrogens is 3. The van der Waals surface area contributed by atoms with Gasteiger partial charge in [-0.25, -0.2) is 14.2 Å². The van der Waals surface area contributed by atoms with Crippen molar-refractivity contribution >= 4 is 50.1 Å². The zero-order valence-corrected chi connectivity index (χ0v) is 27.2. The van der Waals surface area contributed by atoms with Gasteiger partial charge in [0.1, 0.15) is 32.6 Å². The first-order valence-electron chi connectivity index (χ1n) is 15.8.